The zero-order valence-corrected chi connectivity index (χ0v) is 10.4. The zero-order chi connectivity index (χ0) is 10.7. The zero-order valence-electron chi connectivity index (χ0n) is 9.58. The van der Waals surface area contributed by atoms with Gasteiger partial charge in [0.15, 0.2) is 0 Å². The van der Waals surface area contributed by atoms with Crippen LogP contribution in [-0.2, 0) is 4.74 Å². The number of nitrogens with two attached hydrogens (primary N) is 1. The number of hydrogen-bond donors (Lipinski definition) is 1. The second-order valence-corrected chi connectivity index (χ2v) is 5.86. The highest BCUT2D eigenvalue weighted by Crippen LogP contribution is 2.31. The molecule has 4 heteroatoms. The minimum atomic E-state index is 0.119. The Kier molecular flexibility index (Phi) is 3.93. The first kappa shape index (κ1) is 11.7. The highest BCUT2D eigenvalue weighted by molar-refractivity contribution is 7.99. The normalized spacial score (nSPS) is 37.4. The summed E-state index contributed by atoms with van der Waals surface area (Å²) in [5.74, 6) is 2.56. The second kappa shape index (κ2) is 5.04. The first-order valence-corrected chi connectivity index (χ1v) is 7.02. The van der Waals surface area contributed by atoms with Crippen molar-refractivity contribution in [3.8, 4) is 0 Å². The molecule has 0 aromatic carbocycles. The lowest BCUT2D eigenvalue weighted by atomic mass is 9.89. The molecule has 88 valence electrons. The third kappa shape index (κ3) is 2.33. The Bertz CT molecular complexity index is 201. The van der Waals surface area contributed by atoms with Crippen LogP contribution in [0.15, 0.2) is 0 Å². The van der Waals surface area contributed by atoms with Gasteiger partial charge < -0.3 is 10.5 Å². The Morgan fingerprint density at radius 3 is 3.00 bits per heavy atom. The number of nitrogens with zero attached hydrogens (tertiary/aromatic N) is 1. The summed E-state index contributed by atoms with van der Waals surface area (Å²) in [4.78, 5) is 2.51. The van der Waals surface area contributed by atoms with Gasteiger partial charge in [-0.15, -0.1) is 0 Å². The lowest BCUT2D eigenvalue weighted by Gasteiger charge is -2.46. The van der Waals surface area contributed by atoms with E-state index < -0.39 is 0 Å². The summed E-state index contributed by atoms with van der Waals surface area (Å²) in [7, 11) is 2.23. The van der Waals surface area contributed by atoms with E-state index in [-0.39, 0.29) is 5.54 Å². The van der Waals surface area contributed by atoms with Crippen LogP contribution in [0.2, 0.25) is 0 Å². The van der Waals surface area contributed by atoms with Gasteiger partial charge >= 0.3 is 0 Å². The number of likely N-dealkylation sites (N-methyl/N-ethyl adjacent to an activating group) is 1. The first-order chi connectivity index (χ1) is 7.28. The Morgan fingerprint density at radius 1 is 1.60 bits per heavy atom. The molecule has 3 nitrogen and oxygen atoms in total. The smallest absolute Gasteiger partial charge is 0.0662 e. The van der Waals surface area contributed by atoms with Crippen molar-refractivity contribution in [3.63, 3.8) is 0 Å². The molecule has 15 heavy (non-hydrogen) atoms. The maximum Gasteiger partial charge on any atom is 0.0662 e. The molecule has 2 heterocycles. The molecule has 2 aliphatic heterocycles. The molecule has 0 radical (unpaired) electrons. The van der Waals surface area contributed by atoms with Crippen molar-refractivity contribution in [2.45, 2.75) is 30.8 Å². The van der Waals surface area contributed by atoms with E-state index in [1.54, 1.807) is 0 Å². The molecule has 0 aliphatic carbocycles. The van der Waals surface area contributed by atoms with E-state index in [1.807, 2.05) is 0 Å². The van der Waals surface area contributed by atoms with E-state index in [4.69, 9.17) is 10.5 Å². The van der Waals surface area contributed by atoms with Gasteiger partial charge in [-0.1, -0.05) is 0 Å². The third-order valence-electron chi connectivity index (χ3n) is 3.88. The van der Waals surface area contributed by atoms with Crippen molar-refractivity contribution in [1.82, 2.24) is 4.90 Å². The van der Waals surface area contributed by atoms with Crippen molar-refractivity contribution in [2.24, 2.45) is 5.73 Å². The van der Waals surface area contributed by atoms with Gasteiger partial charge in [0.05, 0.1) is 12.1 Å². The van der Waals surface area contributed by atoms with Crippen molar-refractivity contribution >= 4 is 11.8 Å². The average molecular weight is 230 g/mol. The van der Waals surface area contributed by atoms with E-state index in [0.29, 0.717) is 6.04 Å². The van der Waals surface area contributed by atoms with Crippen LogP contribution in [0.3, 0.4) is 0 Å². The molecular weight excluding hydrogens is 208 g/mol. The van der Waals surface area contributed by atoms with E-state index >= 15 is 0 Å². The van der Waals surface area contributed by atoms with Gasteiger partial charge in [-0.3, -0.25) is 4.90 Å². The number of thioether (sulfide) groups is 1. The van der Waals surface area contributed by atoms with Gasteiger partial charge in [0.25, 0.3) is 0 Å². The van der Waals surface area contributed by atoms with Crippen LogP contribution in [0.25, 0.3) is 0 Å². The van der Waals surface area contributed by atoms with Crippen molar-refractivity contribution in [1.29, 1.82) is 0 Å². The first-order valence-electron chi connectivity index (χ1n) is 5.87. The van der Waals surface area contributed by atoms with Gasteiger partial charge in [0, 0.05) is 24.9 Å². The summed E-state index contributed by atoms with van der Waals surface area (Å²) in [5, 5.41) is 0. The predicted molar refractivity (Wildman–Crippen MR) is 65.3 cm³/mol. The fourth-order valence-corrected chi connectivity index (χ4v) is 3.90. The summed E-state index contributed by atoms with van der Waals surface area (Å²) in [5.41, 5.74) is 6.10. The predicted octanol–water partition coefficient (Wildman–Crippen LogP) is 0.932. The van der Waals surface area contributed by atoms with Crippen LogP contribution in [-0.4, -0.2) is 54.8 Å². The lowest BCUT2D eigenvalue weighted by molar-refractivity contribution is -0.0469. The average Bonchev–Trinajstić information content (AvgIpc) is 2.82. The largest absolute Gasteiger partial charge is 0.379 e. The quantitative estimate of drug-likeness (QED) is 0.783. The number of ether oxygens (including phenoxy) is 1. The molecule has 2 unspecified atom stereocenters. The van der Waals surface area contributed by atoms with E-state index in [1.165, 1.54) is 24.3 Å². The maximum absolute atomic E-state index is 5.98. The van der Waals surface area contributed by atoms with Crippen LogP contribution < -0.4 is 5.73 Å². The maximum atomic E-state index is 5.98. The van der Waals surface area contributed by atoms with Crippen LogP contribution in [0.5, 0.6) is 0 Å². The molecule has 2 aliphatic rings. The van der Waals surface area contributed by atoms with E-state index in [2.05, 4.69) is 23.7 Å². The highest BCUT2D eigenvalue weighted by Gasteiger charge is 2.39. The molecule has 0 aromatic heterocycles. The lowest BCUT2D eigenvalue weighted by Crippen LogP contribution is -2.60. The molecular formula is C11H22N2OS. The summed E-state index contributed by atoms with van der Waals surface area (Å²) in [6, 6.07) is 0.709. The minimum absolute atomic E-state index is 0.119. The number of hydrogen-bond acceptors (Lipinski definition) is 4. The van der Waals surface area contributed by atoms with Gasteiger partial charge in [0.2, 0.25) is 0 Å². The van der Waals surface area contributed by atoms with Gasteiger partial charge in [-0.25, -0.2) is 0 Å². The van der Waals surface area contributed by atoms with E-state index in [0.717, 1.165) is 26.2 Å². The summed E-state index contributed by atoms with van der Waals surface area (Å²) >= 11 is 2.06. The second-order valence-electron chi connectivity index (χ2n) is 4.71. The molecule has 0 bridgehead atoms. The molecule has 2 atom stereocenters. The summed E-state index contributed by atoms with van der Waals surface area (Å²) < 4.78 is 5.63. The Labute approximate surface area is 96.7 Å². The van der Waals surface area contributed by atoms with Gasteiger partial charge in [0.1, 0.15) is 0 Å². The molecule has 0 saturated carbocycles. The fraction of sp³-hybridized carbons (Fsp3) is 1.00. The molecule has 2 saturated heterocycles. The molecule has 2 N–H and O–H groups in total. The van der Waals surface area contributed by atoms with Crippen molar-refractivity contribution < 1.29 is 4.74 Å². The van der Waals surface area contributed by atoms with Crippen LogP contribution in [0, 0.1) is 0 Å². The topological polar surface area (TPSA) is 38.5 Å². The highest BCUT2D eigenvalue weighted by atomic mass is 32.2. The van der Waals surface area contributed by atoms with Crippen molar-refractivity contribution in [3.05, 3.63) is 0 Å². The van der Waals surface area contributed by atoms with Gasteiger partial charge in [-0.05, 0) is 32.1 Å². The molecule has 0 spiro atoms. The van der Waals surface area contributed by atoms with Gasteiger partial charge in [-0.2, -0.15) is 11.8 Å². The van der Waals surface area contributed by atoms with Crippen molar-refractivity contribution in [2.75, 3.05) is 38.3 Å². The molecule has 2 fully saturated rings. The summed E-state index contributed by atoms with van der Waals surface area (Å²) in [6.07, 6.45) is 3.66. The third-order valence-corrected chi connectivity index (χ3v) is 5.03. The minimum Gasteiger partial charge on any atom is -0.379 e. The molecule has 0 amide bonds. The summed E-state index contributed by atoms with van der Waals surface area (Å²) in [6.45, 7) is 2.46. The van der Waals surface area contributed by atoms with E-state index in [9.17, 15) is 0 Å². The monoisotopic (exact) mass is 230 g/mol. The van der Waals surface area contributed by atoms with Crippen LogP contribution in [0.4, 0.5) is 0 Å². The number of rotatable bonds is 3. The Morgan fingerprint density at radius 2 is 2.47 bits per heavy atom. The molecule has 0 aromatic rings. The SMILES string of the molecule is CN(C1CCSC1)C1(CN)CCCOC1. The van der Waals surface area contributed by atoms with Crippen LogP contribution >= 0.6 is 11.8 Å². The fourth-order valence-electron chi connectivity index (χ4n) is 2.64. The Balaban J connectivity index is 2.02. The molecule has 2 rings (SSSR count). The van der Waals surface area contributed by atoms with Crippen LogP contribution in [0.1, 0.15) is 19.3 Å². The standard InChI is InChI=1S/C11H22N2OS/c1-13(10-3-6-15-7-10)11(8-12)4-2-5-14-9-11/h10H,2-9,12H2,1H3. The Hall–Kier alpha value is 0.230.